The fraction of sp³-hybridized carbons (Fsp3) is 0.418. The zero-order valence-corrected chi connectivity index (χ0v) is 42.4. The van der Waals surface area contributed by atoms with Crippen molar-refractivity contribution in [3.05, 3.63) is 161 Å². The van der Waals surface area contributed by atoms with E-state index in [1.165, 1.54) is 33.4 Å². The maximum absolute atomic E-state index is 2.88. The van der Waals surface area contributed by atoms with Crippen LogP contribution in [0.1, 0.15) is 92.2 Å². The molecular weight excluding hydrogens is 851 g/mol. The molecule has 2 fully saturated rings. The van der Waals surface area contributed by atoms with Crippen molar-refractivity contribution in [1.29, 1.82) is 0 Å². The van der Waals surface area contributed by atoms with Crippen molar-refractivity contribution in [2.45, 2.75) is 97.8 Å². The van der Waals surface area contributed by atoms with Gasteiger partial charge in [0.15, 0.2) is 0 Å². The van der Waals surface area contributed by atoms with Gasteiger partial charge in [-0.2, -0.15) is 0 Å². The van der Waals surface area contributed by atoms with E-state index in [4.69, 9.17) is 0 Å². The normalized spacial score (nSPS) is 38.0. The van der Waals surface area contributed by atoms with Crippen LogP contribution in [-0.4, -0.2) is 5.92 Å². The molecule has 0 saturated heterocycles. The summed E-state index contributed by atoms with van der Waals surface area (Å²) in [4.78, 5) is 0. The number of fused-ring (bicyclic) bond motifs is 9. The molecule has 6 aliphatic carbocycles. The number of allylic oxidation sites excluding steroid dienone is 13. The first-order valence-electron chi connectivity index (χ1n) is 22.0. The molecule has 0 spiro atoms. The van der Waals surface area contributed by atoms with Crippen molar-refractivity contribution >= 4 is 12.0 Å². The number of halogens is 2. The van der Waals surface area contributed by atoms with Gasteiger partial charge >= 0.3 is 324 Å². The van der Waals surface area contributed by atoms with Crippen LogP contribution in [0.3, 0.4) is 0 Å². The van der Waals surface area contributed by atoms with E-state index in [1.54, 1.807) is 16.7 Å². The molecule has 0 aromatic heterocycles. The predicted molar refractivity (Wildman–Crippen MR) is 244 cm³/mol. The molecule has 0 amide bonds. The van der Waals surface area contributed by atoms with Crippen molar-refractivity contribution in [3.63, 3.8) is 0 Å². The first-order valence-corrected chi connectivity index (χ1v) is 30.5. The van der Waals surface area contributed by atoms with Gasteiger partial charge in [-0.05, 0) is 5.56 Å². The van der Waals surface area contributed by atoms with Gasteiger partial charge in [-0.25, -0.2) is 0 Å². The van der Waals surface area contributed by atoms with E-state index < -0.39 is 28.3 Å². The molecule has 0 bridgehead atoms. The van der Waals surface area contributed by atoms with Gasteiger partial charge in [-0.15, -0.1) is 0 Å². The molecule has 306 valence electrons. The molecule has 3 aromatic rings. The smallest absolute Gasteiger partial charge is 1.00 e. The van der Waals surface area contributed by atoms with Crippen LogP contribution in [0.25, 0.3) is 28.3 Å². The molecule has 0 N–H and O–H groups in total. The Hall–Kier alpha value is -2.48. The van der Waals surface area contributed by atoms with Gasteiger partial charge in [0.05, 0.1) is 0 Å². The zero-order chi connectivity index (χ0) is 40.4. The van der Waals surface area contributed by atoms with Crippen molar-refractivity contribution in [2.24, 2.45) is 43.8 Å². The zero-order valence-electron chi connectivity index (χ0n) is 37.3. The van der Waals surface area contributed by atoms with Crippen LogP contribution in [0.15, 0.2) is 150 Å². The van der Waals surface area contributed by atoms with E-state index in [-0.39, 0.29) is 68.6 Å². The number of hydrogen-bond acceptors (Lipinski definition) is 0. The molecular formula is C55H64Cl2SiZr. The maximum Gasteiger partial charge on any atom is -1.00 e. The minimum Gasteiger partial charge on any atom is -1.00 e. The monoisotopic (exact) mass is 912 g/mol. The summed E-state index contributed by atoms with van der Waals surface area (Å²) < 4.78 is 0.733. The minimum atomic E-state index is -0.818. The van der Waals surface area contributed by atoms with E-state index in [9.17, 15) is 0 Å². The summed E-state index contributed by atoms with van der Waals surface area (Å²) in [6.07, 6.45) is 30.7. The molecule has 0 radical (unpaired) electrons. The summed E-state index contributed by atoms with van der Waals surface area (Å²) in [5, 5.41) is 0. The summed E-state index contributed by atoms with van der Waals surface area (Å²) in [6.45, 7) is 29.6. The fourth-order valence-electron chi connectivity index (χ4n) is 15.0. The van der Waals surface area contributed by atoms with Crippen molar-refractivity contribution in [3.8, 4) is 22.3 Å². The van der Waals surface area contributed by atoms with E-state index >= 15 is 0 Å². The molecule has 2 saturated carbocycles. The Kier molecular flexibility index (Phi) is 11.4. The van der Waals surface area contributed by atoms with E-state index in [0.29, 0.717) is 5.92 Å². The molecule has 6 aliphatic rings. The van der Waals surface area contributed by atoms with Crippen LogP contribution >= 0.6 is 0 Å². The summed E-state index contributed by atoms with van der Waals surface area (Å²) in [6, 6.07) is 27.4. The van der Waals surface area contributed by atoms with Crippen LogP contribution < -0.4 is 24.8 Å². The first-order chi connectivity index (χ1) is 27.1. The summed E-state index contributed by atoms with van der Waals surface area (Å²) >= 11 is -0.784. The van der Waals surface area contributed by atoms with Gasteiger partial charge in [-0.3, -0.25) is 0 Å². The Labute approximate surface area is 381 Å². The number of rotatable bonds is 7. The second-order valence-electron chi connectivity index (χ2n) is 20.2. The van der Waals surface area contributed by atoms with Crippen molar-refractivity contribution in [2.75, 3.05) is 0 Å². The molecule has 0 heterocycles. The minimum absolute atomic E-state index is 0. The molecule has 9 rings (SSSR count). The molecule has 0 nitrogen and oxygen atoms in total. The largest absolute Gasteiger partial charge is 1.00 e. The summed E-state index contributed by atoms with van der Waals surface area (Å²) in [7, 11) is 0. The van der Waals surface area contributed by atoms with Gasteiger partial charge < -0.3 is 24.8 Å². The molecule has 59 heavy (non-hydrogen) atoms. The second-order valence-corrected chi connectivity index (χ2v) is 35.3. The Morgan fingerprint density at radius 2 is 1.29 bits per heavy atom. The third kappa shape index (κ3) is 5.28. The van der Waals surface area contributed by atoms with E-state index in [1.807, 2.05) is 0 Å². The van der Waals surface area contributed by atoms with Gasteiger partial charge in [0.1, 0.15) is 0 Å². The van der Waals surface area contributed by atoms with E-state index in [2.05, 4.69) is 215 Å². The van der Waals surface area contributed by atoms with Crippen molar-refractivity contribution < 1.29 is 47.2 Å². The third-order valence-corrected chi connectivity index (χ3v) is 29.4. The summed E-state index contributed by atoms with van der Waals surface area (Å²) in [5.74, 6) is 0.0129. The first kappa shape index (κ1) is 44.6. The Morgan fingerprint density at radius 3 is 1.95 bits per heavy atom. The molecule has 10 unspecified atom stereocenters. The Bertz CT molecular complexity index is 2360. The standard InChI is InChI=1S/C53H57.C2H7Si.2ClH.Zr/c1-10-19-40-34-44-42(39-29-27-38(28-30-39)37-21-12-11-13-22-37)24-17-25-43(44)46(40)45-26-18-33-48(4)47(3)31-14-15-32-49(47,5)53(9)50(6,52(45,48)8)35-41-23-16-20-36(2)51(41,53)7;1-3-2;;;/h11-18,20-35,41,46H,10,19H2,1-9H3;3H,1-2H3;2*1H;/q;;;;+2/p-2. The molecule has 0 aliphatic heterocycles. The van der Waals surface area contributed by atoms with Crippen LogP contribution in [0, 0.1) is 43.8 Å². The van der Waals surface area contributed by atoms with Crippen LogP contribution in [0.5, 0.6) is 0 Å². The van der Waals surface area contributed by atoms with Crippen LogP contribution in [0.4, 0.5) is 0 Å². The Morgan fingerprint density at radius 1 is 0.661 bits per heavy atom. The SMILES string of the molecule is CCCC1=Cc2c(-c3ccc(-c4ccccc4)cc3)cccc2C1C1=CC=CC2(C)C3(C)C=CC=CC3(C)C3(C)C4(C)C(C)=CC=CC4[CH]([Zr+2][SiH](C)C)C3(C)C12C.[Cl-].[Cl-]. The second kappa shape index (κ2) is 15.1. The van der Waals surface area contributed by atoms with Crippen LogP contribution in [0.2, 0.25) is 16.7 Å². The average Bonchev–Trinajstić information content (AvgIpc) is 3.64. The fourth-order valence-corrected chi connectivity index (χ4v) is 28.1. The molecule has 3 aromatic carbocycles. The van der Waals surface area contributed by atoms with Gasteiger partial charge in [0, 0.05) is 0 Å². The topological polar surface area (TPSA) is 0 Å². The predicted octanol–water partition coefficient (Wildman–Crippen LogP) is 8.99. The maximum atomic E-state index is 2.88. The summed E-state index contributed by atoms with van der Waals surface area (Å²) in [5.41, 5.74) is 12.7. The van der Waals surface area contributed by atoms with Gasteiger partial charge in [0.25, 0.3) is 0 Å². The van der Waals surface area contributed by atoms with Crippen LogP contribution in [-0.2, 0) is 22.4 Å². The van der Waals surface area contributed by atoms with Gasteiger partial charge in [-0.1, -0.05) is 30.3 Å². The van der Waals surface area contributed by atoms with Crippen molar-refractivity contribution in [1.82, 2.24) is 0 Å². The van der Waals surface area contributed by atoms with E-state index in [0.717, 1.165) is 16.5 Å². The Balaban J connectivity index is 0.00000264. The third-order valence-electron chi connectivity index (χ3n) is 18.6. The number of hydrogen-bond donors (Lipinski definition) is 0. The molecule has 4 heteroatoms. The quantitative estimate of drug-likeness (QED) is 0.208. The molecule has 10 atom stereocenters. The van der Waals surface area contributed by atoms with Gasteiger partial charge in [0.2, 0.25) is 0 Å². The number of benzene rings is 3. The average molecular weight is 915 g/mol.